The van der Waals surface area contributed by atoms with Gasteiger partial charge >= 0.3 is 12.1 Å². The van der Waals surface area contributed by atoms with Crippen LogP contribution in [0.25, 0.3) is 0 Å². The van der Waals surface area contributed by atoms with Crippen LogP contribution in [-0.4, -0.2) is 115 Å². The quantitative estimate of drug-likeness (QED) is 0.0374. The molecule has 16 rings (SSSR count). The van der Waals surface area contributed by atoms with Gasteiger partial charge in [-0.15, -0.1) is 11.6 Å². The van der Waals surface area contributed by atoms with Crippen LogP contribution in [0.5, 0.6) is 80.5 Å². The number of Topliss-reactive ketones (excluding diaryl/α,β-unsaturated/α-hetero) is 1. The number of alkyl halides is 4. The maximum absolute atomic E-state index is 13.4. The lowest BCUT2D eigenvalue weighted by Gasteiger charge is -2.27. The van der Waals surface area contributed by atoms with Crippen LogP contribution in [0.2, 0.25) is 0 Å². The van der Waals surface area contributed by atoms with Gasteiger partial charge in [-0.05, 0) is 234 Å². The summed E-state index contributed by atoms with van der Waals surface area (Å²) in [5.74, 6) is 1.50. The van der Waals surface area contributed by atoms with E-state index < -0.39 is 48.0 Å². The lowest BCUT2D eigenvalue weighted by Crippen LogP contribution is -2.28. The molecule has 18 nitrogen and oxygen atoms in total. The molecule has 0 amide bonds. The highest BCUT2D eigenvalue weighted by Crippen LogP contribution is 2.63. The molecule has 0 fully saturated rings. The van der Waals surface area contributed by atoms with Crippen LogP contribution < -0.4 is 47.4 Å². The van der Waals surface area contributed by atoms with Gasteiger partial charge in [0.2, 0.25) is 0 Å². The van der Waals surface area contributed by atoms with Gasteiger partial charge in [0.25, 0.3) is 0 Å². The predicted molar refractivity (Wildman–Crippen MR) is 469 cm³/mol. The summed E-state index contributed by atoms with van der Waals surface area (Å²) in [6.45, 7) is 11.8. The second-order valence-corrected chi connectivity index (χ2v) is 32.0. The zero-order chi connectivity index (χ0) is 89.0. The smallest absolute Gasteiger partial charge is 0.490 e. The number of aromatic hydroxyl groups is 4. The van der Waals surface area contributed by atoms with Crippen molar-refractivity contribution in [1.82, 2.24) is 0 Å². The Morgan fingerprint density at radius 1 is 0.323 bits per heavy atom. The number of hydrogen-bond acceptors (Lipinski definition) is 18. The number of esters is 1. The van der Waals surface area contributed by atoms with Gasteiger partial charge in [0.05, 0.1) is 88.5 Å². The first-order valence-electron chi connectivity index (χ1n) is 40.2. The Morgan fingerprint density at radius 3 is 1.13 bits per heavy atom. The molecule has 0 radical (unpaired) electrons. The summed E-state index contributed by atoms with van der Waals surface area (Å²) in [6.07, 6.45) is -7.07. The van der Waals surface area contributed by atoms with Gasteiger partial charge in [-0.25, -0.2) is 4.79 Å². The van der Waals surface area contributed by atoms with Crippen molar-refractivity contribution in [3.8, 4) is 80.5 Å². The van der Waals surface area contributed by atoms with E-state index in [0.717, 1.165) is 101 Å². The molecule has 124 heavy (non-hydrogen) atoms. The van der Waals surface area contributed by atoms with E-state index in [-0.39, 0.29) is 63.4 Å². The topological polar surface area (TPSA) is 237 Å². The Balaban J connectivity index is 0.000000143. The van der Waals surface area contributed by atoms with Crippen LogP contribution in [0, 0.1) is 41.5 Å². The number of benzene rings is 12. The number of aryl methyl sites for hydroxylation is 6. The van der Waals surface area contributed by atoms with Gasteiger partial charge in [-0.1, -0.05) is 96.6 Å². The largest absolute Gasteiger partial charge is 0.508 e. The fourth-order valence-corrected chi connectivity index (χ4v) is 18.8. The van der Waals surface area contributed by atoms with Crippen molar-refractivity contribution in [2.75, 3.05) is 71.1 Å². The van der Waals surface area contributed by atoms with Crippen LogP contribution in [0.15, 0.2) is 218 Å². The molecule has 644 valence electrons. The molecule has 0 saturated heterocycles. The first-order chi connectivity index (χ1) is 59.4. The third-order valence-electron chi connectivity index (χ3n) is 23.6. The minimum Gasteiger partial charge on any atom is -0.508 e. The lowest BCUT2D eigenvalue weighted by molar-refractivity contribution is -0.206. The molecule has 4 aliphatic carbocycles. The monoisotopic (exact) mass is 1700 g/mol. The minimum absolute atomic E-state index is 0.0551. The molecule has 22 heteroatoms. The summed E-state index contributed by atoms with van der Waals surface area (Å²) in [7, 11) is 16.3. The maximum atomic E-state index is 13.4. The van der Waals surface area contributed by atoms with Crippen molar-refractivity contribution in [3.63, 3.8) is 0 Å². The summed E-state index contributed by atoms with van der Waals surface area (Å²) in [5, 5.41) is 51.5. The van der Waals surface area contributed by atoms with E-state index >= 15 is 0 Å². The van der Waals surface area contributed by atoms with Crippen molar-refractivity contribution in [2.24, 2.45) is 0 Å². The Morgan fingerprint density at radius 2 is 0.685 bits per heavy atom. The van der Waals surface area contributed by atoms with E-state index in [0.29, 0.717) is 56.6 Å². The van der Waals surface area contributed by atoms with Crippen LogP contribution in [-0.2, 0) is 9.53 Å². The third-order valence-corrected chi connectivity index (χ3v) is 24.1. The molecular weight excluding hydrogens is 1610 g/mol. The molecule has 12 aromatic carbocycles. The summed E-state index contributed by atoms with van der Waals surface area (Å²) >= 11 is 7.17. The molecular formula is C102H100ClF3O18. The second kappa shape index (κ2) is 37.4. The Labute approximate surface area is 724 Å². The van der Waals surface area contributed by atoms with Crippen molar-refractivity contribution in [2.45, 2.75) is 113 Å². The molecule has 0 aliphatic heterocycles. The lowest BCUT2D eigenvalue weighted by atomic mass is 9.80. The van der Waals surface area contributed by atoms with Crippen LogP contribution >= 0.6 is 11.6 Å². The normalized spacial score (nSPS) is 19.3. The van der Waals surface area contributed by atoms with Gasteiger partial charge in [-0.2, -0.15) is 13.2 Å². The number of carbonyl (C=O) groups excluding carboxylic acids is 2. The van der Waals surface area contributed by atoms with Crippen LogP contribution in [0.1, 0.15) is 192 Å². The van der Waals surface area contributed by atoms with E-state index in [1.54, 1.807) is 81.1 Å². The number of rotatable bonds is 19. The summed E-state index contributed by atoms with van der Waals surface area (Å²) in [5.41, 5.74) is 19.2. The van der Waals surface area contributed by atoms with Crippen molar-refractivity contribution >= 4 is 23.4 Å². The molecule has 0 saturated carbocycles. The fourth-order valence-electron chi connectivity index (χ4n) is 18.3. The number of aliphatic hydroxyl groups excluding tert-OH is 1. The Kier molecular flexibility index (Phi) is 26.8. The number of ether oxygens (including phenoxy) is 11. The van der Waals surface area contributed by atoms with E-state index in [1.165, 1.54) is 61.2 Å². The van der Waals surface area contributed by atoms with Gasteiger partial charge in [-0.3, -0.25) is 4.79 Å². The van der Waals surface area contributed by atoms with Gasteiger partial charge < -0.3 is 77.6 Å². The maximum Gasteiger partial charge on any atom is 0.490 e. The highest BCUT2D eigenvalue weighted by Gasteiger charge is 2.52. The minimum atomic E-state index is -5.14. The fraction of sp³-hybridized carbons (Fsp3) is 0.275. The number of hydrogen-bond donors (Lipinski definition) is 5. The molecule has 11 atom stereocenters. The molecule has 0 heterocycles. The summed E-state index contributed by atoms with van der Waals surface area (Å²) in [4.78, 5) is 25.3. The predicted octanol–water partition coefficient (Wildman–Crippen LogP) is 21.9. The van der Waals surface area contributed by atoms with Crippen molar-refractivity contribution in [1.29, 1.82) is 0 Å². The van der Waals surface area contributed by atoms with Crippen LogP contribution in [0.4, 0.5) is 13.2 Å². The SMILES string of the molecule is COc1ccc([C@H]2c3c(OC)cc(C)cc3[C@@H](Cl)[C@@H]2c2cc(C)cc(OC)c2)cc1.COc1ccc([C@H]2c3c(OC)cc(C)cc3[C@@H](OC(=O)C(F)(F)F)[C@@H]2c2cc(C)cc(OC)c2)cc1.COc1ccc([C@H]2c3c(OC)cc(OC)cc3[C@@H](O)[C@@H]2c2cc(C)cc(OC)c2)cc1.Cc1ccc([C@@H]2C(=O)c3cc(O)cc(O)c3[C@@H]2c2cc(O)cc(O)c2)cc1. The zero-order valence-electron chi connectivity index (χ0n) is 71.7. The van der Waals surface area contributed by atoms with Gasteiger partial charge in [0.15, 0.2) is 5.78 Å². The highest BCUT2D eigenvalue weighted by molar-refractivity contribution is 6.22. The summed E-state index contributed by atoms with van der Waals surface area (Å²) in [6, 6.07) is 67.4. The Hall–Kier alpha value is -13.0. The molecule has 0 unspecified atom stereocenters. The molecule has 5 N–H and O–H groups in total. The van der Waals surface area contributed by atoms with E-state index in [9.17, 15) is 48.3 Å². The van der Waals surface area contributed by atoms with E-state index in [2.05, 4.69) is 68.4 Å². The average molecular weight is 1710 g/mol. The van der Waals surface area contributed by atoms with Crippen LogP contribution in [0.3, 0.4) is 0 Å². The third kappa shape index (κ3) is 18.1. The number of phenols is 4. The molecule has 12 aromatic rings. The molecule has 0 bridgehead atoms. The Bertz CT molecular complexity index is 5870. The number of methoxy groups -OCH3 is 10. The molecule has 0 spiro atoms. The van der Waals surface area contributed by atoms with Gasteiger partial charge in [0.1, 0.15) is 86.6 Å². The molecule has 0 aromatic heterocycles. The number of halogens is 4. The molecule has 4 aliphatic rings. The first-order valence-corrected chi connectivity index (χ1v) is 40.6. The number of ketones is 1. The zero-order valence-corrected chi connectivity index (χ0v) is 72.4. The summed E-state index contributed by atoms with van der Waals surface area (Å²) < 4.78 is 101. The highest BCUT2D eigenvalue weighted by atomic mass is 35.5. The number of phenolic OH excluding ortho intramolecular Hbond substituents is 4. The number of carbonyl (C=O) groups is 2. The second-order valence-electron chi connectivity index (χ2n) is 31.6. The van der Waals surface area contributed by atoms with Crippen molar-refractivity contribution < 1.29 is 100 Å². The van der Waals surface area contributed by atoms with E-state index in [4.69, 9.17) is 63.7 Å². The van der Waals surface area contributed by atoms with Gasteiger partial charge in [0, 0.05) is 93.0 Å². The van der Waals surface area contributed by atoms with E-state index in [1.807, 2.05) is 137 Å². The number of fused-ring (bicyclic) bond motifs is 4. The number of aliphatic hydroxyl groups is 1. The first kappa shape index (κ1) is 88.8. The standard InChI is InChI=1S/C28H27F3O5.C26H27ClO3.C26H28O5.C22H18O5/c1-15-10-18(14-20(11-15)34-4)24-23(17-6-8-19(33-3)9-7-17)25-21(12-16(2)13-22(25)35-5)26(24)36-27(32)28(29,30)31;1-15-10-18(14-20(11-15)29-4)24-23(17-6-8-19(28-3)9-7-17)25-21(26(24)27)12-16(2)13-22(25)30-5;1-15-10-17(12-19(11-15)29-3)24-23(16-6-8-18(28-2)9-7-16)25-21(26(24)27)13-20(30-4)14-22(25)31-5;1-11-2-4-12(5-3-11)20-19(13-6-14(23)8-15(24)7-13)21-17(22(20)27)9-16(25)10-18(21)26/h6-14,23-24,26H,1-5H3;6-14,23-24,26H,1-5H3;6-14,23-24,26-27H,1-5H3;2-10,19-20,23-26H,1H3/t3*23-,24-,26-;19-,20+/m1111/s1. The average Bonchev–Trinajstić information content (AvgIpc) is 1.60. The van der Waals surface area contributed by atoms with Crippen molar-refractivity contribution in [3.05, 3.63) is 341 Å².